The minimum Gasteiger partial charge on any atom is -0.372 e. The fourth-order valence-electron chi connectivity index (χ4n) is 2.35. The zero-order valence-electron chi connectivity index (χ0n) is 11.1. The van der Waals surface area contributed by atoms with Crippen molar-refractivity contribution in [3.05, 3.63) is 24.3 Å². The van der Waals surface area contributed by atoms with Gasteiger partial charge in [-0.1, -0.05) is 0 Å². The number of hydrogen-bond donors (Lipinski definition) is 1. The van der Waals surface area contributed by atoms with Crippen LogP contribution < -0.4 is 10.2 Å². The number of amides is 1. The van der Waals surface area contributed by atoms with Crippen molar-refractivity contribution in [3.8, 4) is 0 Å². The molecule has 0 spiro atoms. The molecule has 1 aliphatic rings. The summed E-state index contributed by atoms with van der Waals surface area (Å²) in [4.78, 5) is 13.3. The molecule has 0 aromatic heterocycles. The smallest absolute Gasteiger partial charge is 0.221 e. The summed E-state index contributed by atoms with van der Waals surface area (Å²) < 4.78 is 5.72. The van der Waals surface area contributed by atoms with Gasteiger partial charge in [0.2, 0.25) is 5.91 Å². The van der Waals surface area contributed by atoms with Gasteiger partial charge in [-0.3, -0.25) is 4.79 Å². The summed E-state index contributed by atoms with van der Waals surface area (Å²) in [6.07, 6.45) is 0.507. The Balaban J connectivity index is 2.06. The lowest BCUT2D eigenvalue weighted by molar-refractivity contribution is -0.114. The first-order valence-corrected chi connectivity index (χ1v) is 6.32. The number of carbonyl (C=O) groups excluding carboxylic acids is 1. The van der Waals surface area contributed by atoms with Crippen LogP contribution in [0.3, 0.4) is 0 Å². The van der Waals surface area contributed by atoms with E-state index in [1.807, 2.05) is 24.3 Å². The van der Waals surface area contributed by atoms with Crippen molar-refractivity contribution in [2.24, 2.45) is 0 Å². The van der Waals surface area contributed by atoms with E-state index in [0.717, 1.165) is 18.8 Å². The van der Waals surface area contributed by atoms with Gasteiger partial charge in [-0.2, -0.15) is 0 Å². The molecule has 2 unspecified atom stereocenters. The van der Waals surface area contributed by atoms with Crippen molar-refractivity contribution in [1.82, 2.24) is 0 Å². The van der Waals surface area contributed by atoms with Crippen LogP contribution in [0.25, 0.3) is 0 Å². The molecule has 1 saturated heterocycles. The van der Waals surface area contributed by atoms with Crippen LogP contribution in [0.4, 0.5) is 11.4 Å². The lowest BCUT2D eigenvalue weighted by Gasteiger charge is -2.36. The van der Waals surface area contributed by atoms with Crippen molar-refractivity contribution in [3.63, 3.8) is 0 Å². The van der Waals surface area contributed by atoms with Gasteiger partial charge in [-0.05, 0) is 38.1 Å². The minimum absolute atomic E-state index is 0.0450. The average molecular weight is 248 g/mol. The van der Waals surface area contributed by atoms with Crippen molar-refractivity contribution in [2.75, 3.05) is 23.3 Å². The van der Waals surface area contributed by atoms with Crippen molar-refractivity contribution in [1.29, 1.82) is 0 Å². The molecular formula is C14H20N2O2. The Morgan fingerprint density at radius 2 is 1.78 bits per heavy atom. The fourth-order valence-corrected chi connectivity index (χ4v) is 2.35. The largest absolute Gasteiger partial charge is 0.372 e. The van der Waals surface area contributed by atoms with Crippen LogP contribution in [0, 0.1) is 0 Å². The molecule has 1 aliphatic heterocycles. The first kappa shape index (κ1) is 12.9. The Kier molecular flexibility index (Phi) is 3.87. The van der Waals surface area contributed by atoms with Gasteiger partial charge >= 0.3 is 0 Å². The van der Waals surface area contributed by atoms with Crippen LogP contribution in [0.5, 0.6) is 0 Å². The van der Waals surface area contributed by atoms with E-state index in [-0.39, 0.29) is 18.1 Å². The summed E-state index contributed by atoms with van der Waals surface area (Å²) in [5.41, 5.74) is 2.01. The Bertz CT molecular complexity index is 406. The summed E-state index contributed by atoms with van der Waals surface area (Å²) in [6.45, 7) is 7.51. The number of rotatable bonds is 2. The maximum atomic E-state index is 10.9. The van der Waals surface area contributed by atoms with Crippen LogP contribution in [0.2, 0.25) is 0 Å². The fraction of sp³-hybridized carbons (Fsp3) is 0.500. The van der Waals surface area contributed by atoms with Crippen LogP contribution in [0.15, 0.2) is 24.3 Å². The maximum Gasteiger partial charge on any atom is 0.221 e. The van der Waals surface area contributed by atoms with Crippen molar-refractivity contribution < 1.29 is 9.53 Å². The molecule has 1 heterocycles. The Morgan fingerprint density at radius 3 is 2.28 bits per heavy atom. The van der Waals surface area contributed by atoms with Crippen LogP contribution in [0.1, 0.15) is 20.8 Å². The second-order valence-corrected chi connectivity index (χ2v) is 4.89. The third-order valence-corrected chi connectivity index (χ3v) is 2.97. The normalized spacial score (nSPS) is 23.8. The highest BCUT2D eigenvalue weighted by molar-refractivity contribution is 5.88. The maximum absolute atomic E-state index is 10.9. The van der Waals surface area contributed by atoms with Crippen molar-refractivity contribution in [2.45, 2.75) is 33.0 Å². The first-order valence-electron chi connectivity index (χ1n) is 6.32. The molecule has 0 aliphatic carbocycles. The third-order valence-electron chi connectivity index (χ3n) is 2.97. The summed E-state index contributed by atoms with van der Waals surface area (Å²) in [7, 11) is 0. The number of hydrogen-bond acceptors (Lipinski definition) is 3. The van der Waals surface area contributed by atoms with E-state index in [4.69, 9.17) is 4.74 Å². The SMILES string of the molecule is CC(=O)Nc1ccc(N2CC(C)OC(C)C2)cc1. The quantitative estimate of drug-likeness (QED) is 0.873. The molecule has 0 bridgehead atoms. The highest BCUT2D eigenvalue weighted by Crippen LogP contribution is 2.22. The number of ether oxygens (including phenoxy) is 1. The highest BCUT2D eigenvalue weighted by atomic mass is 16.5. The third kappa shape index (κ3) is 3.23. The zero-order chi connectivity index (χ0) is 13.1. The second kappa shape index (κ2) is 5.40. The van der Waals surface area contributed by atoms with E-state index in [0.29, 0.717) is 0 Å². The molecule has 1 aromatic rings. The van der Waals surface area contributed by atoms with Gasteiger partial charge in [-0.25, -0.2) is 0 Å². The molecule has 4 nitrogen and oxygen atoms in total. The molecule has 0 radical (unpaired) electrons. The molecule has 0 saturated carbocycles. The number of nitrogens with one attached hydrogen (secondary N) is 1. The number of morpholine rings is 1. The minimum atomic E-state index is -0.0450. The average Bonchev–Trinajstić information content (AvgIpc) is 2.27. The van der Waals surface area contributed by atoms with E-state index >= 15 is 0 Å². The molecule has 2 rings (SSSR count). The van der Waals surface area contributed by atoms with Crippen LogP contribution in [-0.2, 0) is 9.53 Å². The second-order valence-electron chi connectivity index (χ2n) is 4.89. The lowest BCUT2D eigenvalue weighted by Crippen LogP contribution is -2.45. The van der Waals surface area contributed by atoms with E-state index in [1.54, 1.807) is 0 Å². The Morgan fingerprint density at radius 1 is 1.22 bits per heavy atom. The van der Waals surface area contributed by atoms with Gasteiger partial charge in [0, 0.05) is 31.4 Å². The predicted octanol–water partition coefficient (Wildman–Crippen LogP) is 2.26. The van der Waals surface area contributed by atoms with Gasteiger partial charge < -0.3 is 15.0 Å². The lowest BCUT2D eigenvalue weighted by atomic mass is 10.2. The zero-order valence-corrected chi connectivity index (χ0v) is 11.1. The molecule has 98 valence electrons. The summed E-state index contributed by atoms with van der Waals surface area (Å²) in [6, 6.07) is 7.94. The topological polar surface area (TPSA) is 41.6 Å². The molecule has 1 N–H and O–H groups in total. The number of carbonyl (C=O) groups is 1. The monoisotopic (exact) mass is 248 g/mol. The molecule has 4 heteroatoms. The van der Waals surface area contributed by atoms with Gasteiger partial charge in [0.1, 0.15) is 0 Å². The van der Waals surface area contributed by atoms with Crippen LogP contribution in [-0.4, -0.2) is 31.2 Å². The van der Waals surface area contributed by atoms with Gasteiger partial charge in [-0.15, -0.1) is 0 Å². The Hall–Kier alpha value is -1.55. The predicted molar refractivity (Wildman–Crippen MR) is 73.0 cm³/mol. The van der Waals surface area contributed by atoms with E-state index < -0.39 is 0 Å². The van der Waals surface area contributed by atoms with E-state index in [2.05, 4.69) is 24.1 Å². The van der Waals surface area contributed by atoms with Crippen molar-refractivity contribution >= 4 is 17.3 Å². The molecule has 2 atom stereocenters. The van der Waals surface area contributed by atoms with Gasteiger partial charge in [0.15, 0.2) is 0 Å². The van der Waals surface area contributed by atoms with Crippen LogP contribution >= 0.6 is 0 Å². The highest BCUT2D eigenvalue weighted by Gasteiger charge is 2.22. The number of benzene rings is 1. The molecule has 1 aromatic carbocycles. The standard InChI is InChI=1S/C14H20N2O2/c1-10-8-16(9-11(2)18-10)14-6-4-13(5-7-14)15-12(3)17/h4-7,10-11H,8-9H2,1-3H3,(H,15,17). The van der Waals surface area contributed by atoms with E-state index in [1.165, 1.54) is 12.6 Å². The first-order chi connectivity index (χ1) is 8.54. The number of nitrogens with zero attached hydrogens (tertiary/aromatic N) is 1. The molecular weight excluding hydrogens is 228 g/mol. The number of anilines is 2. The molecule has 1 amide bonds. The molecule has 1 fully saturated rings. The summed E-state index contributed by atoms with van der Waals surface area (Å²) >= 11 is 0. The van der Waals surface area contributed by atoms with Gasteiger partial charge in [0.25, 0.3) is 0 Å². The van der Waals surface area contributed by atoms with E-state index in [9.17, 15) is 4.79 Å². The Labute approximate surface area is 108 Å². The summed E-state index contributed by atoms with van der Waals surface area (Å²) in [5.74, 6) is -0.0450. The molecule has 18 heavy (non-hydrogen) atoms. The summed E-state index contributed by atoms with van der Waals surface area (Å²) in [5, 5.41) is 2.77. The van der Waals surface area contributed by atoms with Gasteiger partial charge in [0.05, 0.1) is 12.2 Å².